The van der Waals surface area contributed by atoms with Crippen molar-refractivity contribution in [3.8, 4) is 17.2 Å². The second-order valence-corrected chi connectivity index (χ2v) is 4.88. The van der Waals surface area contributed by atoms with E-state index in [4.69, 9.17) is 26.4 Å². The van der Waals surface area contributed by atoms with Gasteiger partial charge in [0.1, 0.15) is 5.70 Å². The Bertz CT molecular complexity index is 617. The molecule has 0 spiro atoms. The number of carbonyl (C=O) groups excluding carboxylic acids is 1. The summed E-state index contributed by atoms with van der Waals surface area (Å²) in [5.41, 5.74) is 1.16. The Balaban J connectivity index is 2.44. The van der Waals surface area contributed by atoms with Crippen LogP contribution in [0.2, 0.25) is 0 Å². The number of hydrogen-bond donors (Lipinski definition) is 1. The van der Waals surface area contributed by atoms with Gasteiger partial charge >= 0.3 is 0 Å². The van der Waals surface area contributed by atoms with E-state index in [1.807, 2.05) is 6.92 Å². The van der Waals surface area contributed by atoms with Crippen molar-refractivity contribution in [1.29, 1.82) is 0 Å². The second-order valence-electron chi connectivity index (χ2n) is 4.50. The molecule has 118 valence electrons. The van der Waals surface area contributed by atoms with Gasteiger partial charge in [-0.05, 0) is 42.9 Å². The zero-order chi connectivity index (χ0) is 16.3. The maximum atomic E-state index is 12.2. The van der Waals surface area contributed by atoms with Crippen LogP contribution in [-0.4, -0.2) is 43.8 Å². The number of amides is 1. The fourth-order valence-electron chi connectivity index (χ4n) is 2.21. The molecule has 0 bridgehead atoms. The van der Waals surface area contributed by atoms with Gasteiger partial charge in [-0.1, -0.05) is 0 Å². The lowest BCUT2D eigenvalue weighted by Crippen LogP contribution is -2.30. The highest BCUT2D eigenvalue weighted by molar-refractivity contribution is 7.80. The van der Waals surface area contributed by atoms with E-state index >= 15 is 0 Å². The van der Waals surface area contributed by atoms with Gasteiger partial charge in [-0.15, -0.1) is 0 Å². The Kier molecular flexibility index (Phi) is 4.87. The Labute approximate surface area is 134 Å². The Morgan fingerprint density at radius 2 is 1.77 bits per heavy atom. The quantitative estimate of drug-likeness (QED) is 0.659. The standard InChI is InChI=1S/C15H18N2O4S/c1-5-17-14(18)10(16-15(17)22)6-9-7-11(19-2)13(21-4)12(8-9)20-3/h6-8H,5H2,1-4H3,(H,16,22)/b10-6-. The molecular weight excluding hydrogens is 304 g/mol. The average Bonchev–Trinajstić information content (AvgIpc) is 2.79. The molecule has 0 saturated carbocycles. The Morgan fingerprint density at radius 1 is 1.18 bits per heavy atom. The molecule has 1 aromatic rings. The third kappa shape index (κ3) is 2.85. The number of rotatable bonds is 5. The van der Waals surface area contributed by atoms with Gasteiger partial charge in [0.15, 0.2) is 16.6 Å². The van der Waals surface area contributed by atoms with Gasteiger partial charge in [-0.2, -0.15) is 0 Å². The van der Waals surface area contributed by atoms with E-state index in [1.54, 1.807) is 32.4 Å². The highest BCUT2D eigenvalue weighted by atomic mass is 32.1. The molecule has 0 radical (unpaired) electrons. The predicted molar refractivity (Wildman–Crippen MR) is 87.2 cm³/mol. The molecule has 0 atom stereocenters. The van der Waals surface area contributed by atoms with Crippen LogP contribution in [0.3, 0.4) is 0 Å². The molecule has 0 aliphatic carbocycles. The van der Waals surface area contributed by atoms with Crippen molar-refractivity contribution >= 4 is 29.3 Å². The molecule has 6 nitrogen and oxygen atoms in total. The van der Waals surface area contributed by atoms with Crippen LogP contribution in [0.4, 0.5) is 0 Å². The first-order valence-electron chi connectivity index (χ1n) is 6.70. The fourth-order valence-corrected chi connectivity index (χ4v) is 2.53. The zero-order valence-electron chi connectivity index (χ0n) is 12.9. The van der Waals surface area contributed by atoms with Crippen LogP contribution in [0.5, 0.6) is 17.2 Å². The molecule has 1 heterocycles. The minimum absolute atomic E-state index is 0.152. The van der Waals surface area contributed by atoms with E-state index in [-0.39, 0.29) is 5.91 Å². The van der Waals surface area contributed by atoms with E-state index in [2.05, 4.69) is 5.32 Å². The van der Waals surface area contributed by atoms with Gasteiger partial charge < -0.3 is 19.5 Å². The third-order valence-corrected chi connectivity index (χ3v) is 3.60. The summed E-state index contributed by atoms with van der Waals surface area (Å²) in [4.78, 5) is 13.7. The van der Waals surface area contributed by atoms with Crippen molar-refractivity contribution in [1.82, 2.24) is 10.2 Å². The summed E-state index contributed by atoms with van der Waals surface area (Å²) in [7, 11) is 4.63. The van der Waals surface area contributed by atoms with Crippen LogP contribution >= 0.6 is 12.2 Å². The van der Waals surface area contributed by atoms with E-state index in [0.717, 1.165) is 5.56 Å². The summed E-state index contributed by atoms with van der Waals surface area (Å²) in [6.45, 7) is 2.39. The smallest absolute Gasteiger partial charge is 0.276 e. The summed E-state index contributed by atoms with van der Waals surface area (Å²) in [5, 5.41) is 3.32. The maximum Gasteiger partial charge on any atom is 0.276 e. The van der Waals surface area contributed by atoms with Crippen LogP contribution in [-0.2, 0) is 4.79 Å². The SMILES string of the molecule is CCN1C(=O)/C(=C/c2cc(OC)c(OC)c(OC)c2)NC1=S. The minimum atomic E-state index is -0.152. The van der Waals surface area contributed by atoms with Gasteiger partial charge in [-0.25, -0.2) is 0 Å². The normalized spacial score (nSPS) is 16.0. The summed E-state index contributed by atoms with van der Waals surface area (Å²) in [5.74, 6) is 1.40. The molecule has 1 aliphatic rings. The molecule has 1 fully saturated rings. The van der Waals surface area contributed by atoms with Crippen molar-refractivity contribution in [3.63, 3.8) is 0 Å². The van der Waals surface area contributed by atoms with Crippen molar-refractivity contribution < 1.29 is 19.0 Å². The molecule has 0 unspecified atom stereocenters. The number of methoxy groups -OCH3 is 3. The number of nitrogens with zero attached hydrogens (tertiary/aromatic N) is 1. The lowest BCUT2D eigenvalue weighted by Gasteiger charge is -2.13. The Morgan fingerprint density at radius 3 is 2.18 bits per heavy atom. The molecule has 1 aliphatic heterocycles. The van der Waals surface area contributed by atoms with E-state index in [9.17, 15) is 4.79 Å². The number of nitrogens with one attached hydrogen (secondary N) is 1. The van der Waals surface area contributed by atoms with Crippen LogP contribution in [0, 0.1) is 0 Å². The molecule has 2 rings (SSSR count). The van der Waals surface area contributed by atoms with Gasteiger partial charge in [0, 0.05) is 6.54 Å². The predicted octanol–water partition coefficient (Wildman–Crippen LogP) is 1.79. The van der Waals surface area contributed by atoms with Gasteiger partial charge in [0.05, 0.1) is 21.3 Å². The lowest BCUT2D eigenvalue weighted by molar-refractivity contribution is -0.122. The molecule has 22 heavy (non-hydrogen) atoms. The van der Waals surface area contributed by atoms with Crippen LogP contribution in [0.1, 0.15) is 12.5 Å². The first-order valence-corrected chi connectivity index (χ1v) is 7.11. The summed E-state index contributed by atoms with van der Waals surface area (Å²) < 4.78 is 15.9. The highest BCUT2D eigenvalue weighted by Gasteiger charge is 2.29. The molecule has 7 heteroatoms. The number of carbonyl (C=O) groups is 1. The van der Waals surface area contributed by atoms with Crippen LogP contribution in [0.25, 0.3) is 6.08 Å². The number of ether oxygens (including phenoxy) is 3. The molecule has 1 amide bonds. The number of benzene rings is 1. The highest BCUT2D eigenvalue weighted by Crippen LogP contribution is 2.38. The van der Waals surface area contributed by atoms with Crippen LogP contribution in [0.15, 0.2) is 17.8 Å². The van der Waals surface area contributed by atoms with Crippen molar-refractivity contribution in [2.75, 3.05) is 27.9 Å². The average molecular weight is 322 g/mol. The van der Waals surface area contributed by atoms with Gasteiger partial charge in [0.2, 0.25) is 5.75 Å². The first-order chi connectivity index (χ1) is 10.5. The Hall–Kier alpha value is -2.28. The number of hydrogen-bond acceptors (Lipinski definition) is 5. The molecule has 1 saturated heterocycles. The van der Waals surface area contributed by atoms with Crippen molar-refractivity contribution in [3.05, 3.63) is 23.4 Å². The van der Waals surface area contributed by atoms with E-state index in [1.165, 1.54) is 12.0 Å². The van der Waals surface area contributed by atoms with E-state index < -0.39 is 0 Å². The third-order valence-electron chi connectivity index (χ3n) is 3.28. The zero-order valence-corrected chi connectivity index (χ0v) is 13.7. The van der Waals surface area contributed by atoms with Crippen LogP contribution < -0.4 is 19.5 Å². The summed E-state index contributed by atoms with van der Waals surface area (Å²) in [6, 6.07) is 3.53. The first kappa shape index (κ1) is 16.1. The summed E-state index contributed by atoms with van der Waals surface area (Å²) in [6.07, 6.45) is 1.70. The minimum Gasteiger partial charge on any atom is -0.493 e. The topological polar surface area (TPSA) is 60.0 Å². The van der Waals surface area contributed by atoms with E-state index in [0.29, 0.717) is 34.6 Å². The maximum absolute atomic E-state index is 12.2. The molecular formula is C15H18N2O4S. The van der Waals surface area contributed by atoms with Gasteiger partial charge in [0.25, 0.3) is 5.91 Å². The molecule has 1 aromatic carbocycles. The molecule has 1 N–H and O–H groups in total. The largest absolute Gasteiger partial charge is 0.493 e. The fraction of sp³-hybridized carbons (Fsp3) is 0.333. The number of thiocarbonyl (C=S) groups is 1. The van der Waals surface area contributed by atoms with Crippen molar-refractivity contribution in [2.24, 2.45) is 0 Å². The molecule has 0 aromatic heterocycles. The van der Waals surface area contributed by atoms with Gasteiger partial charge in [-0.3, -0.25) is 9.69 Å². The van der Waals surface area contributed by atoms with Crippen molar-refractivity contribution in [2.45, 2.75) is 6.92 Å². The lowest BCUT2D eigenvalue weighted by atomic mass is 10.1. The number of likely N-dealkylation sites (N-methyl/N-ethyl adjacent to an activating group) is 1. The monoisotopic (exact) mass is 322 g/mol. The second kappa shape index (κ2) is 6.65. The summed E-state index contributed by atoms with van der Waals surface area (Å²) >= 11 is 5.13.